The van der Waals surface area contributed by atoms with Crippen molar-refractivity contribution < 1.29 is 0 Å². The second kappa shape index (κ2) is 4.79. The highest BCUT2D eigenvalue weighted by Crippen LogP contribution is 2.21. The molecule has 2 aromatic rings. The fourth-order valence-corrected chi connectivity index (χ4v) is 1.59. The van der Waals surface area contributed by atoms with Crippen LogP contribution >= 0.6 is 0 Å². The Labute approximate surface area is 91.6 Å². The maximum atomic E-state index is 4.15. The van der Waals surface area contributed by atoms with E-state index in [9.17, 15) is 0 Å². The number of rotatable bonds is 3. The van der Waals surface area contributed by atoms with Gasteiger partial charge in [0, 0.05) is 0 Å². The third-order valence-electron chi connectivity index (χ3n) is 2.42. The van der Waals surface area contributed by atoms with Crippen LogP contribution in [0.3, 0.4) is 0 Å². The molecule has 15 heavy (non-hydrogen) atoms. The fourth-order valence-electron chi connectivity index (χ4n) is 1.59. The van der Waals surface area contributed by atoms with Crippen molar-refractivity contribution >= 4 is 0 Å². The lowest BCUT2D eigenvalue weighted by molar-refractivity contribution is 1.00. The van der Waals surface area contributed by atoms with E-state index in [-0.39, 0.29) is 5.92 Å². The van der Waals surface area contributed by atoms with Crippen LogP contribution in [-0.4, -0.2) is 0 Å². The largest absolute Gasteiger partial charge is 0.0622 e. The normalized spacial score (nSPS) is 12.3. The molecule has 2 aromatic carbocycles. The predicted molar refractivity (Wildman–Crippen MR) is 64.4 cm³/mol. The summed E-state index contributed by atoms with van der Waals surface area (Å²) in [6, 6.07) is 20.7. The predicted octanol–water partition coefficient (Wildman–Crippen LogP) is 3.86. The molecule has 1 atom stereocenters. The summed E-state index contributed by atoms with van der Waals surface area (Å²) in [4.78, 5) is 0. The van der Waals surface area contributed by atoms with Gasteiger partial charge in [-0.1, -0.05) is 60.7 Å². The molecule has 0 fully saturated rings. The van der Waals surface area contributed by atoms with Gasteiger partial charge >= 0.3 is 0 Å². The highest BCUT2D eigenvalue weighted by Gasteiger charge is 2.05. The molecule has 2 rings (SSSR count). The quantitative estimate of drug-likeness (QED) is 0.696. The topological polar surface area (TPSA) is 0 Å². The molecule has 0 heteroatoms. The Morgan fingerprint density at radius 2 is 1.33 bits per heavy atom. The Hall–Kier alpha value is -1.56. The fraction of sp³-hybridized carbons (Fsp3) is 0.0667. The van der Waals surface area contributed by atoms with Gasteiger partial charge in [-0.05, 0) is 30.4 Å². The van der Waals surface area contributed by atoms with Crippen LogP contribution in [0.25, 0.3) is 0 Å². The number of hydrogen-bond acceptors (Lipinski definition) is 0. The van der Waals surface area contributed by atoms with E-state index in [1.165, 1.54) is 11.1 Å². The van der Waals surface area contributed by atoms with Crippen LogP contribution in [0.2, 0.25) is 0 Å². The van der Waals surface area contributed by atoms with E-state index in [1.54, 1.807) is 0 Å². The molecule has 74 valence electrons. The first-order chi connectivity index (χ1) is 7.36. The Kier molecular flexibility index (Phi) is 3.18. The Balaban J connectivity index is 2.08. The van der Waals surface area contributed by atoms with Gasteiger partial charge in [0.25, 0.3) is 0 Å². The molecule has 0 amide bonds. The third kappa shape index (κ3) is 2.69. The van der Waals surface area contributed by atoms with Gasteiger partial charge in [-0.25, -0.2) is 0 Å². The minimum Gasteiger partial charge on any atom is -0.0622 e. The molecule has 0 nitrogen and oxygen atoms in total. The molecular formula is C15H14. The van der Waals surface area contributed by atoms with Crippen molar-refractivity contribution in [3.63, 3.8) is 0 Å². The maximum Gasteiger partial charge on any atom is -0.00184 e. The van der Waals surface area contributed by atoms with Crippen molar-refractivity contribution in [1.29, 1.82) is 0 Å². The summed E-state index contributed by atoms with van der Waals surface area (Å²) in [6.07, 6.45) is 2.18. The van der Waals surface area contributed by atoms with Gasteiger partial charge in [0.15, 0.2) is 0 Å². The van der Waals surface area contributed by atoms with Crippen molar-refractivity contribution in [2.24, 2.45) is 0 Å². The van der Waals surface area contributed by atoms with Gasteiger partial charge in [0.2, 0.25) is 0 Å². The highest BCUT2D eigenvalue weighted by atomic mass is 14.1. The van der Waals surface area contributed by atoms with E-state index < -0.39 is 0 Å². The van der Waals surface area contributed by atoms with Gasteiger partial charge in [0.05, 0.1) is 0 Å². The molecule has 1 unspecified atom stereocenters. The minimum absolute atomic E-state index is 0.216. The molecule has 0 N–H and O–H groups in total. The van der Waals surface area contributed by atoms with Crippen molar-refractivity contribution in [3.8, 4) is 0 Å². The lowest BCUT2D eigenvalue weighted by atomic mass is 9.94. The van der Waals surface area contributed by atoms with Gasteiger partial charge in [-0.15, -0.1) is 0 Å². The SMILES string of the molecule is [CH2]C([CH]c1ccccc1)c1ccccc1. The van der Waals surface area contributed by atoms with Crippen LogP contribution in [-0.2, 0) is 0 Å². The second-order valence-corrected chi connectivity index (χ2v) is 3.59. The van der Waals surface area contributed by atoms with Crippen molar-refractivity contribution in [1.82, 2.24) is 0 Å². The summed E-state index contributed by atoms with van der Waals surface area (Å²) >= 11 is 0. The molecule has 0 saturated carbocycles. The standard InChI is InChI=1S/C15H14/c1-13(15-10-6-3-7-11-15)12-14-8-4-2-5-9-14/h2-13H,1H2. The summed E-state index contributed by atoms with van der Waals surface area (Å²) in [5.74, 6) is 0.216. The van der Waals surface area contributed by atoms with E-state index >= 15 is 0 Å². The highest BCUT2D eigenvalue weighted by molar-refractivity contribution is 5.32. The first-order valence-electron chi connectivity index (χ1n) is 5.14. The van der Waals surface area contributed by atoms with Gasteiger partial charge in [0.1, 0.15) is 0 Å². The summed E-state index contributed by atoms with van der Waals surface area (Å²) in [5.41, 5.74) is 2.47. The first kappa shape index (κ1) is 9.97. The van der Waals surface area contributed by atoms with Crippen LogP contribution < -0.4 is 0 Å². The lowest BCUT2D eigenvalue weighted by Crippen LogP contribution is -1.95. The van der Waals surface area contributed by atoms with Gasteiger partial charge in [-0.3, -0.25) is 0 Å². The minimum atomic E-state index is 0.216. The molecule has 0 aliphatic carbocycles. The number of benzene rings is 2. The summed E-state index contributed by atoms with van der Waals surface area (Å²) < 4.78 is 0. The van der Waals surface area contributed by atoms with Gasteiger partial charge in [-0.2, -0.15) is 0 Å². The van der Waals surface area contributed by atoms with Crippen molar-refractivity contribution in [2.45, 2.75) is 5.92 Å². The Morgan fingerprint density at radius 3 is 1.93 bits per heavy atom. The Morgan fingerprint density at radius 1 is 0.800 bits per heavy atom. The molecule has 0 aliphatic heterocycles. The van der Waals surface area contributed by atoms with E-state index in [1.807, 2.05) is 36.4 Å². The summed E-state index contributed by atoms with van der Waals surface area (Å²) in [6.45, 7) is 4.15. The van der Waals surface area contributed by atoms with E-state index in [2.05, 4.69) is 37.6 Å². The van der Waals surface area contributed by atoms with Gasteiger partial charge < -0.3 is 0 Å². The van der Waals surface area contributed by atoms with Crippen LogP contribution in [0.15, 0.2) is 60.7 Å². The monoisotopic (exact) mass is 194 g/mol. The molecule has 2 radical (unpaired) electrons. The molecule has 0 aliphatic rings. The van der Waals surface area contributed by atoms with Crippen LogP contribution in [0.1, 0.15) is 17.0 Å². The average molecular weight is 194 g/mol. The first-order valence-corrected chi connectivity index (χ1v) is 5.14. The van der Waals surface area contributed by atoms with E-state index in [0.717, 1.165) is 0 Å². The average Bonchev–Trinajstić information content (AvgIpc) is 2.31. The van der Waals surface area contributed by atoms with Crippen LogP contribution in [0.5, 0.6) is 0 Å². The van der Waals surface area contributed by atoms with Crippen LogP contribution in [0.4, 0.5) is 0 Å². The molecule has 0 heterocycles. The zero-order chi connectivity index (χ0) is 10.5. The molecule has 0 bridgehead atoms. The number of hydrogen-bond donors (Lipinski definition) is 0. The lowest BCUT2D eigenvalue weighted by Gasteiger charge is -2.10. The Bertz CT molecular complexity index is 389. The smallest absolute Gasteiger partial charge is 0.00184 e. The van der Waals surface area contributed by atoms with Crippen molar-refractivity contribution in [2.75, 3.05) is 0 Å². The molecular weight excluding hydrogens is 180 g/mol. The maximum absolute atomic E-state index is 4.15. The van der Waals surface area contributed by atoms with E-state index in [4.69, 9.17) is 0 Å². The zero-order valence-electron chi connectivity index (χ0n) is 8.64. The third-order valence-corrected chi connectivity index (χ3v) is 2.42. The van der Waals surface area contributed by atoms with Crippen LogP contribution in [0, 0.1) is 13.3 Å². The van der Waals surface area contributed by atoms with Crippen molar-refractivity contribution in [3.05, 3.63) is 85.1 Å². The second-order valence-electron chi connectivity index (χ2n) is 3.59. The zero-order valence-corrected chi connectivity index (χ0v) is 8.64. The molecule has 0 aromatic heterocycles. The van der Waals surface area contributed by atoms with E-state index in [0.29, 0.717) is 0 Å². The summed E-state index contributed by atoms with van der Waals surface area (Å²) in [7, 11) is 0. The molecule has 0 spiro atoms. The summed E-state index contributed by atoms with van der Waals surface area (Å²) in [5, 5.41) is 0. The molecule has 0 saturated heterocycles.